The molecule has 0 heterocycles. The molecule has 0 spiro atoms. The highest BCUT2D eigenvalue weighted by Gasteiger charge is 2.18. The summed E-state index contributed by atoms with van der Waals surface area (Å²) in [5, 5.41) is 2.90. The Morgan fingerprint density at radius 2 is 2.04 bits per heavy atom. The van der Waals surface area contributed by atoms with E-state index in [0.717, 1.165) is 29.9 Å². The maximum Gasteiger partial charge on any atom is 0.220 e. The average molecular weight is 343 g/mol. The van der Waals surface area contributed by atoms with Gasteiger partial charge in [-0.2, -0.15) is 0 Å². The summed E-state index contributed by atoms with van der Waals surface area (Å²) in [5.74, 6) is 1.53. The van der Waals surface area contributed by atoms with E-state index in [1.165, 1.54) is 12.8 Å². The van der Waals surface area contributed by atoms with E-state index in [-0.39, 0.29) is 24.4 Å². The lowest BCUT2D eigenvalue weighted by Crippen LogP contribution is -2.23. The van der Waals surface area contributed by atoms with Crippen molar-refractivity contribution in [2.75, 3.05) is 13.7 Å². The summed E-state index contributed by atoms with van der Waals surface area (Å²) in [6.45, 7) is 1.03. The lowest BCUT2D eigenvalue weighted by Gasteiger charge is -2.17. The number of nitrogens with two attached hydrogens (primary N) is 1. The largest absolute Gasteiger partial charge is 0.493 e. The Balaban J connectivity index is 0.00000264. The molecule has 0 unspecified atom stereocenters. The zero-order valence-electron chi connectivity index (χ0n) is 13.7. The van der Waals surface area contributed by atoms with E-state index >= 15 is 0 Å². The van der Waals surface area contributed by atoms with Gasteiger partial charge in [-0.3, -0.25) is 4.79 Å². The highest BCUT2D eigenvalue weighted by molar-refractivity contribution is 5.85. The van der Waals surface area contributed by atoms with Crippen molar-refractivity contribution in [1.82, 2.24) is 5.32 Å². The number of hydrogen-bond acceptors (Lipinski definition) is 4. The quantitative estimate of drug-likeness (QED) is 0.762. The van der Waals surface area contributed by atoms with Crippen molar-refractivity contribution in [3.05, 3.63) is 23.8 Å². The molecule has 0 saturated heterocycles. The number of ether oxygens (including phenoxy) is 2. The molecule has 0 aromatic heterocycles. The van der Waals surface area contributed by atoms with Gasteiger partial charge in [0.15, 0.2) is 11.5 Å². The zero-order valence-corrected chi connectivity index (χ0v) is 14.5. The summed E-state index contributed by atoms with van der Waals surface area (Å²) in [4.78, 5) is 11.6. The number of rotatable bonds is 8. The zero-order chi connectivity index (χ0) is 15.8. The molecule has 1 amide bonds. The fourth-order valence-electron chi connectivity index (χ4n) is 2.66. The Labute approximate surface area is 144 Å². The molecule has 1 aliphatic carbocycles. The molecule has 130 valence electrons. The van der Waals surface area contributed by atoms with Crippen LogP contribution in [0.3, 0.4) is 0 Å². The molecule has 1 aliphatic rings. The summed E-state index contributed by atoms with van der Waals surface area (Å²) in [7, 11) is 1.64. The number of nitrogens with one attached hydrogen (secondary N) is 1. The number of amides is 1. The maximum absolute atomic E-state index is 11.6. The van der Waals surface area contributed by atoms with Gasteiger partial charge in [0.2, 0.25) is 5.91 Å². The minimum absolute atomic E-state index is 0. The van der Waals surface area contributed by atoms with E-state index in [0.29, 0.717) is 25.9 Å². The molecule has 6 heteroatoms. The van der Waals surface area contributed by atoms with Gasteiger partial charge in [-0.1, -0.05) is 6.07 Å². The van der Waals surface area contributed by atoms with E-state index in [9.17, 15) is 4.79 Å². The number of halogens is 1. The second kappa shape index (κ2) is 10.3. The molecule has 3 N–H and O–H groups in total. The van der Waals surface area contributed by atoms with Gasteiger partial charge in [0.05, 0.1) is 13.2 Å². The summed E-state index contributed by atoms with van der Waals surface area (Å²) in [5.41, 5.74) is 6.41. The fraction of sp³-hybridized carbons (Fsp3) is 0.588. The van der Waals surface area contributed by atoms with Crippen LogP contribution in [0.4, 0.5) is 0 Å². The van der Waals surface area contributed by atoms with Crippen LogP contribution in [-0.4, -0.2) is 25.7 Å². The third kappa shape index (κ3) is 6.28. The van der Waals surface area contributed by atoms with Gasteiger partial charge in [-0.05, 0) is 56.3 Å². The Morgan fingerprint density at radius 1 is 1.30 bits per heavy atom. The number of benzene rings is 1. The van der Waals surface area contributed by atoms with E-state index in [1.807, 2.05) is 18.2 Å². The van der Waals surface area contributed by atoms with Gasteiger partial charge in [0.1, 0.15) is 0 Å². The predicted molar refractivity (Wildman–Crippen MR) is 93.3 cm³/mol. The molecule has 1 saturated carbocycles. The van der Waals surface area contributed by atoms with Crippen molar-refractivity contribution in [1.29, 1.82) is 0 Å². The van der Waals surface area contributed by atoms with Crippen molar-refractivity contribution >= 4 is 18.3 Å². The highest BCUT2D eigenvalue weighted by Crippen LogP contribution is 2.32. The van der Waals surface area contributed by atoms with Crippen molar-refractivity contribution in [2.24, 2.45) is 5.73 Å². The fourth-order valence-corrected chi connectivity index (χ4v) is 2.66. The lowest BCUT2D eigenvalue weighted by atomic mass is 10.2. The molecular formula is C17H27ClN2O3. The molecular weight excluding hydrogens is 316 g/mol. The molecule has 2 rings (SSSR count). The third-order valence-electron chi connectivity index (χ3n) is 3.92. The minimum atomic E-state index is 0. The molecule has 1 aromatic carbocycles. The first-order valence-electron chi connectivity index (χ1n) is 8.03. The molecule has 0 atom stereocenters. The van der Waals surface area contributed by atoms with Crippen molar-refractivity contribution in [3.8, 4) is 11.5 Å². The summed E-state index contributed by atoms with van der Waals surface area (Å²) >= 11 is 0. The Kier molecular flexibility index (Phi) is 8.81. The second-order valence-electron chi connectivity index (χ2n) is 5.68. The third-order valence-corrected chi connectivity index (χ3v) is 3.92. The van der Waals surface area contributed by atoms with Crippen LogP contribution in [0.5, 0.6) is 11.5 Å². The summed E-state index contributed by atoms with van der Waals surface area (Å²) < 4.78 is 11.4. The first kappa shape index (κ1) is 19.6. The van der Waals surface area contributed by atoms with Crippen molar-refractivity contribution in [3.63, 3.8) is 0 Å². The predicted octanol–water partition coefficient (Wildman–Crippen LogP) is 2.79. The van der Waals surface area contributed by atoms with Crippen LogP contribution in [0, 0.1) is 0 Å². The molecule has 23 heavy (non-hydrogen) atoms. The van der Waals surface area contributed by atoms with Crippen LogP contribution < -0.4 is 20.5 Å². The van der Waals surface area contributed by atoms with Gasteiger partial charge in [0.25, 0.3) is 0 Å². The first-order valence-corrected chi connectivity index (χ1v) is 8.03. The summed E-state index contributed by atoms with van der Waals surface area (Å²) in [6.07, 6.45) is 6.12. The number of carbonyl (C=O) groups excluding carboxylic acids is 1. The average Bonchev–Trinajstić information content (AvgIpc) is 3.04. The lowest BCUT2D eigenvalue weighted by molar-refractivity contribution is -0.121. The number of hydrogen-bond donors (Lipinski definition) is 2. The van der Waals surface area contributed by atoms with Crippen LogP contribution in [0.1, 0.15) is 44.1 Å². The second-order valence-corrected chi connectivity index (χ2v) is 5.68. The number of carbonyl (C=O) groups is 1. The molecule has 1 fully saturated rings. The standard InChI is InChI=1S/C17H26N2O3.ClH/c1-21-15-9-8-13(12-19-17(20)7-4-10-18)11-16(15)22-14-5-2-3-6-14;/h8-9,11,14H,2-7,10,12,18H2,1H3,(H,19,20);1H. The minimum Gasteiger partial charge on any atom is -0.493 e. The normalized spacial score (nSPS) is 14.2. The molecule has 0 bridgehead atoms. The van der Waals surface area contributed by atoms with Crippen LogP contribution in [-0.2, 0) is 11.3 Å². The maximum atomic E-state index is 11.6. The van der Waals surface area contributed by atoms with Crippen molar-refractivity contribution < 1.29 is 14.3 Å². The topological polar surface area (TPSA) is 73.6 Å². The summed E-state index contributed by atoms with van der Waals surface area (Å²) in [6, 6.07) is 5.80. The first-order chi connectivity index (χ1) is 10.7. The highest BCUT2D eigenvalue weighted by atomic mass is 35.5. The Hall–Kier alpha value is -1.46. The van der Waals surface area contributed by atoms with Gasteiger partial charge < -0.3 is 20.5 Å². The van der Waals surface area contributed by atoms with Crippen LogP contribution in [0.25, 0.3) is 0 Å². The Bertz CT molecular complexity index is 491. The SMILES string of the molecule is COc1ccc(CNC(=O)CCCN)cc1OC1CCCC1.Cl. The molecule has 1 aromatic rings. The molecule has 5 nitrogen and oxygen atoms in total. The van der Waals surface area contributed by atoms with Gasteiger partial charge in [0, 0.05) is 13.0 Å². The molecule has 0 aliphatic heterocycles. The van der Waals surface area contributed by atoms with E-state index in [1.54, 1.807) is 7.11 Å². The van der Waals surface area contributed by atoms with Crippen LogP contribution in [0.15, 0.2) is 18.2 Å². The Morgan fingerprint density at radius 3 is 2.70 bits per heavy atom. The van der Waals surface area contributed by atoms with E-state index < -0.39 is 0 Å². The van der Waals surface area contributed by atoms with Gasteiger partial charge >= 0.3 is 0 Å². The van der Waals surface area contributed by atoms with Gasteiger partial charge in [-0.25, -0.2) is 0 Å². The monoisotopic (exact) mass is 342 g/mol. The van der Waals surface area contributed by atoms with Crippen LogP contribution >= 0.6 is 12.4 Å². The van der Waals surface area contributed by atoms with Crippen molar-refractivity contribution in [2.45, 2.75) is 51.2 Å². The smallest absolute Gasteiger partial charge is 0.220 e. The number of methoxy groups -OCH3 is 1. The van der Waals surface area contributed by atoms with Gasteiger partial charge in [-0.15, -0.1) is 12.4 Å². The molecule has 0 radical (unpaired) electrons. The van der Waals surface area contributed by atoms with E-state index in [4.69, 9.17) is 15.2 Å². The van der Waals surface area contributed by atoms with E-state index in [2.05, 4.69) is 5.32 Å². The van der Waals surface area contributed by atoms with Crippen LogP contribution in [0.2, 0.25) is 0 Å².